The molecule has 1 aromatic carbocycles. The molecule has 0 aliphatic carbocycles. The van der Waals surface area contributed by atoms with Gasteiger partial charge < -0.3 is 0 Å². The maximum Gasteiger partial charge on any atom is 0.331 e. The molecule has 19 heavy (non-hydrogen) atoms. The van der Waals surface area contributed by atoms with Gasteiger partial charge in [0.25, 0.3) is 0 Å². The number of rotatable bonds is 3. The maximum absolute atomic E-state index is 12.8. The van der Waals surface area contributed by atoms with Gasteiger partial charge in [-0.2, -0.15) is 0 Å². The van der Waals surface area contributed by atoms with Gasteiger partial charge in [0.1, 0.15) is 12.2 Å². The van der Waals surface area contributed by atoms with E-state index in [0.717, 1.165) is 10.5 Å². The van der Waals surface area contributed by atoms with Crippen LogP contribution in [0.5, 0.6) is 0 Å². The van der Waals surface area contributed by atoms with Gasteiger partial charge in [-0.25, -0.2) is 9.18 Å². The van der Waals surface area contributed by atoms with Gasteiger partial charge in [-0.05, 0) is 31.0 Å². The topological polar surface area (TPSA) is 66.5 Å². The van der Waals surface area contributed by atoms with E-state index in [2.05, 4.69) is 5.32 Å². The van der Waals surface area contributed by atoms with Crippen LogP contribution in [-0.2, 0) is 16.0 Å². The minimum atomic E-state index is -0.698. The minimum absolute atomic E-state index is 0.320. The molecule has 4 amide bonds. The number of carbonyl (C=O) groups is 3. The van der Waals surface area contributed by atoms with Crippen LogP contribution in [0.1, 0.15) is 18.9 Å². The molecule has 1 atom stereocenters. The molecule has 1 heterocycles. The molecule has 1 aliphatic heterocycles. The lowest BCUT2D eigenvalue weighted by Gasteiger charge is -2.30. The van der Waals surface area contributed by atoms with Crippen molar-refractivity contribution in [3.8, 4) is 0 Å². The smallest absolute Gasteiger partial charge is 0.277 e. The van der Waals surface area contributed by atoms with Crippen LogP contribution < -0.4 is 5.32 Å². The van der Waals surface area contributed by atoms with Gasteiger partial charge in [-0.15, -0.1) is 0 Å². The molecule has 1 unspecified atom stereocenters. The lowest BCUT2D eigenvalue weighted by Crippen LogP contribution is -2.56. The summed E-state index contributed by atoms with van der Waals surface area (Å²) in [7, 11) is 0. The van der Waals surface area contributed by atoms with Crippen molar-refractivity contribution in [3.05, 3.63) is 35.6 Å². The quantitative estimate of drug-likeness (QED) is 0.835. The van der Waals surface area contributed by atoms with Gasteiger partial charge in [0.2, 0.25) is 11.8 Å². The van der Waals surface area contributed by atoms with Gasteiger partial charge in [-0.3, -0.25) is 19.8 Å². The largest absolute Gasteiger partial charge is 0.331 e. The first kappa shape index (κ1) is 13.2. The number of carbonyl (C=O) groups excluding carboxylic acids is 3. The average Bonchev–Trinajstić information content (AvgIpc) is 2.30. The van der Waals surface area contributed by atoms with Gasteiger partial charge >= 0.3 is 6.03 Å². The van der Waals surface area contributed by atoms with Crippen LogP contribution in [0.2, 0.25) is 0 Å². The van der Waals surface area contributed by atoms with E-state index in [1.165, 1.54) is 12.1 Å². The number of nitrogens with zero attached hydrogens (tertiary/aromatic N) is 1. The summed E-state index contributed by atoms with van der Waals surface area (Å²) >= 11 is 0. The van der Waals surface area contributed by atoms with Crippen molar-refractivity contribution in [1.82, 2.24) is 10.2 Å². The lowest BCUT2D eigenvalue weighted by atomic mass is 10.1. The van der Waals surface area contributed by atoms with Crippen molar-refractivity contribution in [3.63, 3.8) is 0 Å². The fourth-order valence-electron chi connectivity index (χ4n) is 2.06. The third kappa shape index (κ3) is 2.96. The Bertz CT molecular complexity index is 507. The number of amides is 4. The second-order valence-electron chi connectivity index (χ2n) is 4.47. The van der Waals surface area contributed by atoms with E-state index in [4.69, 9.17) is 0 Å². The first-order chi connectivity index (χ1) is 8.97. The van der Waals surface area contributed by atoms with Crippen LogP contribution in [0.3, 0.4) is 0 Å². The second-order valence-corrected chi connectivity index (χ2v) is 4.47. The van der Waals surface area contributed by atoms with Gasteiger partial charge in [0.15, 0.2) is 0 Å². The van der Waals surface area contributed by atoms with Crippen molar-refractivity contribution in [2.24, 2.45) is 0 Å². The summed E-state index contributed by atoms with van der Waals surface area (Å²) in [5.74, 6) is -1.43. The number of urea groups is 1. The Morgan fingerprint density at radius 1 is 1.26 bits per heavy atom. The molecule has 0 aromatic heterocycles. The van der Waals surface area contributed by atoms with Gasteiger partial charge in [0, 0.05) is 6.04 Å². The predicted molar refractivity (Wildman–Crippen MR) is 64.6 cm³/mol. The van der Waals surface area contributed by atoms with Crippen molar-refractivity contribution >= 4 is 17.8 Å². The molecule has 1 aliphatic rings. The van der Waals surface area contributed by atoms with Crippen molar-refractivity contribution < 1.29 is 18.8 Å². The molecule has 100 valence electrons. The number of hydrogen-bond acceptors (Lipinski definition) is 3. The van der Waals surface area contributed by atoms with Gasteiger partial charge in [-0.1, -0.05) is 12.1 Å². The zero-order valence-electron chi connectivity index (χ0n) is 10.4. The highest BCUT2D eigenvalue weighted by molar-refractivity contribution is 6.14. The summed E-state index contributed by atoms with van der Waals surface area (Å²) < 4.78 is 12.8. The summed E-state index contributed by atoms with van der Waals surface area (Å²) in [6.45, 7) is 1.70. The van der Waals surface area contributed by atoms with Crippen molar-refractivity contribution in [2.75, 3.05) is 0 Å². The fraction of sp³-hybridized carbons (Fsp3) is 0.308. The summed E-state index contributed by atoms with van der Waals surface area (Å²) in [6, 6.07) is 4.75. The van der Waals surface area contributed by atoms with Crippen molar-refractivity contribution in [1.29, 1.82) is 0 Å². The molecule has 0 spiro atoms. The lowest BCUT2D eigenvalue weighted by molar-refractivity contribution is -0.137. The van der Waals surface area contributed by atoms with E-state index in [9.17, 15) is 18.8 Å². The molecule has 1 fully saturated rings. The fourth-order valence-corrected chi connectivity index (χ4v) is 2.06. The van der Waals surface area contributed by atoms with Gasteiger partial charge in [0.05, 0.1) is 0 Å². The molecular weight excluding hydrogens is 251 g/mol. The average molecular weight is 264 g/mol. The van der Waals surface area contributed by atoms with E-state index in [0.29, 0.717) is 6.42 Å². The number of barbiturate groups is 1. The molecule has 1 saturated heterocycles. The van der Waals surface area contributed by atoms with E-state index in [1.807, 2.05) is 0 Å². The SMILES string of the molecule is CC(Cc1ccc(F)cc1)N1C(=O)CC(=O)NC1=O. The Labute approximate surface area is 109 Å². The summed E-state index contributed by atoms with van der Waals surface area (Å²) in [6.07, 6.45) is 0.0904. The number of nitrogens with one attached hydrogen (secondary N) is 1. The first-order valence-electron chi connectivity index (χ1n) is 5.87. The molecule has 1 N–H and O–H groups in total. The van der Waals surface area contributed by atoms with E-state index < -0.39 is 23.9 Å². The molecule has 2 rings (SSSR count). The molecule has 5 nitrogen and oxygen atoms in total. The van der Waals surface area contributed by atoms with E-state index in [-0.39, 0.29) is 12.2 Å². The zero-order chi connectivity index (χ0) is 14.0. The minimum Gasteiger partial charge on any atom is -0.277 e. The predicted octanol–water partition coefficient (Wildman–Crippen LogP) is 1.23. The Kier molecular flexibility index (Phi) is 3.59. The number of imide groups is 2. The molecule has 0 bridgehead atoms. The van der Waals surface area contributed by atoms with Crippen LogP contribution in [0.25, 0.3) is 0 Å². The molecule has 0 saturated carbocycles. The Hall–Kier alpha value is -2.24. The third-order valence-electron chi connectivity index (χ3n) is 2.93. The van der Waals surface area contributed by atoms with Crippen LogP contribution in [0.15, 0.2) is 24.3 Å². The molecular formula is C13H13FN2O3. The Balaban J connectivity index is 2.08. The summed E-state index contributed by atoms with van der Waals surface area (Å²) in [5.41, 5.74) is 0.811. The van der Waals surface area contributed by atoms with E-state index >= 15 is 0 Å². The van der Waals surface area contributed by atoms with Crippen LogP contribution in [0, 0.1) is 5.82 Å². The summed E-state index contributed by atoms with van der Waals surface area (Å²) in [5, 5.41) is 2.10. The highest BCUT2D eigenvalue weighted by Crippen LogP contribution is 2.13. The monoisotopic (exact) mass is 264 g/mol. The highest BCUT2D eigenvalue weighted by atomic mass is 19.1. The van der Waals surface area contributed by atoms with E-state index in [1.54, 1.807) is 19.1 Å². The normalized spacial score (nSPS) is 17.4. The summed E-state index contributed by atoms with van der Waals surface area (Å²) in [4.78, 5) is 35.4. The Morgan fingerprint density at radius 2 is 1.89 bits per heavy atom. The zero-order valence-corrected chi connectivity index (χ0v) is 10.4. The molecule has 6 heteroatoms. The number of benzene rings is 1. The Morgan fingerprint density at radius 3 is 2.47 bits per heavy atom. The van der Waals surface area contributed by atoms with Crippen LogP contribution >= 0.6 is 0 Å². The second kappa shape index (κ2) is 5.17. The van der Waals surface area contributed by atoms with Crippen molar-refractivity contribution in [2.45, 2.75) is 25.8 Å². The molecule has 0 radical (unpaired) electrons. The standard InChI is InChI=1S/C13H13FN2O3/c1-8(6-9-2-4-10(14)5-3-9)16-12(18)7-11(17)15-13(16)19/h2-5,8H,6-7H2,1H3,(H,15,17,19). The third-order valence-corrected chi connectivity index (χ3v) is 2.93. The van der Waals surface area contributed by atoms with Crippen LogP contribution in [0.4, 0.5) is 9.18 Å². The van der Waals surface area contributed by atoms with Crippen LogP contribution in [-0.4, -0.2) is 28.8 Å². The first-order valence-corrected chi connectivity index (χ1v) is 5.87. The number of hydrogen-bond donors (Lipinski definition) is 1. The number of halogens is 1. The highest BCUT2D eigenvalue weighted by Gasteiger charge is 2.34. The molecule has 1 aromatic rings. The maximum atomic E-state index is 12.8.